The lowest BCUT2D eigenvalue weighted by molar-refractivity contribution is 0.521. The molecule has 0 atom stereocenters. The number of hydrogen-bond donors (Lipinski definition) is 1. The van der Waals surface area contributed by atoms with Gasteiger partial charge in [-0.05, 0) is 48.6 Å². The van der Waals surface area contributed by atoms with Crippen LogP contribution < -0.4 is 5.32 Å². The lowest BCUT2D eigenvalue weighted by Crippen LogP contribution is -2.24. The van der Waals surface area contributed by atoms with Crippen LogP contribution in [0, 0.1) is 0 Å². The summed E-state index contributed by atoms with van der Waals surface area (Å²) >= 11 is 1.99. The van der Waals surface area contributed by atoms with Crippen molar-refractivity contribution < 1.29 is 8.42 Å². The molecule has 1 aromatic carbocycles. The second kappa shape index (κ2) is 6.15. The molecule has 0 aromatic heterocycles. The molecule has 1 fully saturated rings. The van der Waals surface area contributed by atoms with E-state index in [1.807, 2.05) is 23.9 Å². The standard InChI is InChI=1S/C13H20N2O2S2/c1-15(2)19(16,17)13-5-3-11(4-6-13)14-12-7-9-18-10-8-12/h3-6,12,14H,7-10H2,1-2H3. The number of anilines is 1. The van der Waals surface area contributed by atoms with Gasteiger partial charge in [0.2, 0.25) is 10.0 Å². The summed E-state index contributed by atoms with van der Waals surface area (Å²) in [5, 5.41) is 3.47. The third-order valence-corrected chi connectivity index (χ3v) is 6.10. The first-order chi connectivity index (χ1) is 9.00. The van der Waals surface area contributed by atoms with E-state index >= 15 is 0 Å². The van der Waals surface area contributed by atoms with E-state index in [9.17, 15) is 8.42 Å². The molecule has 6 heteroatoms. The van der Waals surface area contributed by atoms with Crippen LogP contribution in [0.4, 0.5) is 5.69 Å². The average Bonchev–Trinajstić information content (AvgIpc) is 2.40. The Morgan fingerprint density at radius 2 is 1.74 bits per heavy atom. The van der Waals surface area contributed by atoms with E-state index in [-0.39, 0.29) is 0 Å². The van der Waals surface area contributed by atoms with Crippen molar-refractivity contribution >= 4 is 27.5 Å². The molecule has 0 spiro atoms. The monoisotopic (exact) mass is 300 g/mol. The van der Waals surface area contributed by atoms with E-state index in [1.54, 1.807) is 26.2 Å². The quantitative estimate of drug-likeness (QED) is 0.926. The highest BCUT2D eigenvalue weighted by Crippen LogP contribution is 2.22. The van der Waals surface area contributed by atoms with Gasteiger partial charge in [-0.15, -0.1) is 0 Å². The van der Waals surface area contributed by atoms with Crippen LogP contribution in [0.25, 0.3) is 0 Å². The van der Waals surface area contributed by atoms with Crippen LogP contribution in [0.1, 0.15) is 12.8 Å². The minimum atomic E-state index is -3.32. The Kier molecular flexibility index (Phi) is 4.76. The lowest BCUT2D eigenvalue weighted by atomic mass is 10.1. The molecule has 0 radical (unpaired) electrons. The van der Waals surface area contributed by atoms with Crippen LogP contribution in [0.5, 0.6) is 0 Å². The number of sulfonamides is 1. The van der Waals surface area contributed by atoms with Crippen LogP contribution in [-0.4, -0.2) is 44.4 Å². The topological polar surface area (TPSA) is 49.4 Å². The number of rotatable bonds is 4. The first-order valence-electron chi connectivity index (χ1n) is 6.37. The van der Waals surface area contributed by atoms with E-state index < -0.39 is 10.0 Å². The Morgan fingerprint density at radius 3 is 2.26 bits per heavy atom. The molecular weight excluding hydrogens is 280 g/mol. The molecule has 0 unspecified atom stereocenters. The lowest BCUT2D eigenvalue weighted by Gasteiger charge is -2.23. The van der Waals surface area contributed by atoms with Crippen molar-refractivity contribution in [2.45, 2.75) is 23.8 Å². The van der Waals surface area contributed by atoms with Gasteiger partial charge < -0.3 is 5.32 Å². The van der Waals surface area contributed by atoms with E-state index in [1.165, 1.54) is 28.7 Å². The van der Waals surface area contributed by atoms with Gasteiger partial charge in [0.25, 0.3) is 0 Å². The molecule has 19 heavy (non-hydrogen) atoms. The molecular formula is C13H20N2O2S2. The predicted molar refractivity (Wildman–Crippen MR) is 81.3 cm³/mol. The summed E-state index contributed by atoms with van der Waals surface area (Å²) in [6.07, 6.45) is 2.34. The number of nitrogens with zero attached hydrogens (tertiary/aromatic N) is 1. The third kappa shape index (κ3) is 3.64. The SMILES string of the molecule is CN(C)S(=O)(=O)c1ccc(NC2CCSCC2)cc1. The Labute approximate surface area is 119 Å². The molecule has 1 aliphatic rings. The maximum absolute atomic E-state index is 11.9. The van der Waals surface area contributed by atoms with Crippen LogP contribution in [0.15, 0.2) is 29.2 Å². The molecule has 1 aromatic rings. The predicted octanol–water partition coefficient (Wildman–Crippen LogP) is 2.24. The van der Waals surface area contributed by atoms with E-state index in [0.717, 1.165) is 5.69 Å². The van der Waals surface area contributed by atoms with Crippen molar-refractivity contribution in [1.29, 1.82) is 0 Å². The van der Waals surface area contributed by atoms with Gasteiger partial charge in [0.1, 0.15) is 0 Å². The molecule has 106 valence electrons. The fourth-order valence-electron chi connectivity index (χ4n) is 2.01. The minimum absolute atomic E-state index is 0.335. The summed E-state index contributed by atoms with van der Waals surface area (Å²) in [6, 6.07) is 7.53. The Morgan fingerprint density at radius 1 is 1.16 bits per heavy atom. The summed E-state index contributed by atoms with van der Waals surface area (Å²) in [7, 11) is -0.239. The van der Waals surface area contributed by atoms with Crippen molar-refractivity contribution in [3.8, 4) is 0 Å². The van der Waals surface area contributed by atoms with Crippen molar-refractivity contribution in [3.05, 3.63) is 24.3 Å². The van der Waals surface area contributed by atoms with Crippen LogP contribution in [-0.2, 0) is 10.0 Å². The first kappa shape index (κ1) is 14.7. The van der Waals surface area contributed by atoms with Crippen LogP contribution >= 0.6 is 11.8 Å². The van der Waals surface area contributed by atoms with Gasteiger partial charge in [-0.25, -0.2) is 12.7 Å². The van der Waals surface area contributed by atoms with Crippen molar-refractivity contribution in [2.24, 2.45) is 0 Å². The molecule has 1 N–H and O–H groups in total. The van der Waals surface area contributed by atoms with Crippen molar-refractivity contribution in [2.75, 3.05) is 30.9 Å². The summed E-state index contributed by atoms with van der Waals surface area (Å²) in [4.78, 5) is 0.335. The van der Waals surface area contributed by atoms with Gasteiger partial charge in [-0.3, -0.25) is 0 Å². The molecule has 1 aliphatic heterocycles. The van der Waals surface area contributed by atoms with Gasteiger partial charge in [0.05, 0.1) is 4.90 Å². The second-order valence-corrected chi connectivity index (χ2v) is 8.22. The van der Waals surface area contributed by atoms with Gasteiger partial charge >= 0.3 is 0 Å². The highest BCUT2D eigenvalue weighted by atomic mass is 32.2. The normalized spacial score (nSPS) is 17.6. The fraction of sp³-hybridized carbons (Fsp3) is 0.538. The first-order valence-corrected chi connectivity index (χ1v) is 8.96. The average molecular weight is 300 g/mol. The van der Waals surface area contributed by atoms with Gasteiger partial charge in [0.15, 0.2) is 0 Å². The molecule has 0 bridgehead atoms. The summed E-state index contributed by atoms with van der Waals surface area (Å²) in [6.45, 7) is 0. The van der Waals surface area contributed by atoms with Crippen LogP contribution in [0.3, 0.4) is 0 Å². The third-order valence-electron chi connectivity index (χ3n) is 3.22. The highest BCUT2D eigenvalue weighted by molar-refractivity contribution is 7.99. The van der Waals surface area contributed by atoms with E-state index in [4.69, 9.17) is 0 Å². The molecule has 2 rings (SSSR count). The summed E-state index contributed by atoms with van der Waals surface area (Å²) in [5.41, 5.74) is 0.995. The number of thioether (sulfide) groups is 1. The van der Waals surface area contributed by atoms with Crippen molar-refractivity contribution in [1.82, 2.24) is 4.31 Å². The summed E-state index contributed by atoms with van der Waals surface area (Å²) in [5.74, 6) is 2.40. The second-order valence-electron chi connectivity index (χ2n) is 4.84. The zero-order valence-corrected chi connectivity index (χ0v) is 12.9. The minimum Gasteiger partial charge on any atom is -0.382 e. The zero-order valence-electron chi connectivity index (χ0n) is 11.3. The maximum atomic E-state index is 11.9. The number of hydrogen-bond acceptors (Lipinski definition) is 4. The molecule has 0 aliphatic carbocycles. The van der Waals surface area contributed by atoms with E-state index in [2.05, 4.69) is 5.32 Å². The number of nitrogens with one attached hydrogen (secondary N) is 1. The molecule has 4 nitrogen and oxygen atoms in total. The van der Waals surface area contributed by atoms with Gasteiger partial charge in [-0.1, -0.05) is 0 Å². The fourth-order valence-corrected chi connectivity index (χ4v) is 4.02. The van der Waals surface area contributed by atoms with Crippen LogP contribution in [0.2, 0.25) is 0 Å². The largest absolute Gasteiger partial charge is 0.382 e. The highest BCUT2D eigenvalue weighted by Gasteiger charge is 2.17. The molecule has 1 saturated heterocycles. The molecule has 1 heterocycles. The van der Waals surface area contributed by atoms with Gasteiger partial charge in [-0.2, -0.15) is 11.8 Å². The van der Waals surface area contributed by atoms with E-state index in [0.29, 0.717) is 10.9 Å². The van der Waals surface area contributed by atoms with Crippen molar-refractivity contribution in [3.63, 3.8) is 0 Å². The number of benzene rings is 1. The smallest absolute Gasteiger partial charge is 0.242 e. The van der Waals surface area contributed by atoms with Gasteiger partial charge in [0, 0.05) is 25.8 Å². The molecule has 0 saturated carbocycles. The maximum Gasteiger partial charge on any atom is 0.242 e. The summed E-state index contributed by atoms with van der Waals surface area (Å²) < 4.78 is 25.1. The Balaban J connectivity index is 2.06. The Hall–Kier alpha value is -0.720. The molecule has 0 amide bonds. The zero-order chi connectivity index (χ0) is 13.9. The Bertz CT molecular complexity index is 506.